The number of ketones is 1. The Bertz CT molecular complexity index is 991. The summed E-state index contributed by atoms with van der Waals surface area (Å²) >= 11 is 0. The quantitative estimate of drug-likeness (QED) is 0.703. The maximum absolute atomic E-state index is 12.6. The molecule has 2 N–H and O–H groups in total. The number of amides is 1. The van der Waals surface area contributed by atoms with E-state index in [1.165, 1.54) is 29.2 Å². The van der Waals surface area contributed by atoms with E-state index in [0.29, 0.717) is 22.5 Å². The second-order valence-corrected chi connectivity index (χ2v) is 5.73. The zero-order valence-corrected chi connectivity index (χ0v) is 13.0. The number of carbonyl (C=O) groups excluding carboxylic acids is 2. The fourth-order valence-electron chi connectivity index (χ4n) is 3.02. The minimum atomic E-state index is -0.632. The average Bonchev–Trinajstić information content (AvgIpc) is 2.88. The van der Waals surface area contributed by atoms with Gasteiger partial charge in [-0.15, -0.1) is 0 Å². The standard InChI is InChI=1S/C20H13NO4/c22-14-8-4-12(5-9-14)16-2-1-3-17-18(16)19(24)20(25)21(17)13-6-10-15(23)11-7-13/h1-11,22-23H. The molecule has 0 spiro atoms. The summed E-state index contributed by atoms with van der Waals surface area (Å²) in [4.78, 5) is 26.5. The molecule has 122 valence electrons. The number of phenolic OH excluding ortho intramolecular Hbond substituents is 2. The van der Waals surface area contributed by atoms with Gasteiger partial charge < -0.3 is 10.2 Å². The zero-order chi connectivity index (χ0) is 17.6. The van der Waals surface area contributed by atoms with Gasteiger partial charge in [0.25, 0.3) is 5.78 Å². The molecule has 0 bridgehead atoms. The number of phenols is 2. The first-order valence-corrected chi connectivity index (χ1v) is 7.66. The van der Waals surface area contributed by atoms with Crippen LogP contribution in [-0.2, 0) is 4.79 Å². The fourth-order valence-corrected chi connectivity index (χ4v) is 3.02. The van der Waals surface area contributed by atoms with Crippen molar-refractivity contribution in [2.45, 2.75) is 0 Å². The van der Waals surface area contributed by atoms with Crippen LogP contribution in [0.2, 0.25) is 0 Å². The van der Waals surface area contributed by atoms with E-state index in [1.807, 2.05) is 0 Å². The van der Waals surface area contributed by atoms with E-state index in [0.717, 1.165) is 5.56 Å². The molecule has 0 aromatic heterocycles. The van der Waals surface area contributed by atoms with Crippen LogP contribution in [0, 0.1) is 0 Å². The van der Waals surface area contributed by atoms with Crippen molar-refractivity contribution in [3.63, 3.8) is 0 Å². The molecule has 5 nitrogen and oxygen atoms in total. The van der Waals surface area contributed by atoms with Gasteiger partial charge in [-0.1, -0.05) is 24.3 Å². The molecule has 0 fully saturated rings. The zero-order valence-electron chi connectivity index (χ0n) is 13.0. The largest absolute Gasteiger partial charge is 0.508 e. The first kappa shape index (κ1) is 15.0. The smallest absolute Gasteiger partial charge is 0.304 e. The Labute approximate surface area is 143 Å². The number of carbonyl (C=O) groups is 2. The number of hydrogen-bond acceptors (Lipinski definition) is 4. The lowest BCUT2D eigenvalue weighted by Crippen LogP contribution is -2.24. The van der Waals surface area contributed by atoms with Crippen molar-refractivity contribution >= 4 is 23.1 Å². The molecule has 1 heterocycles. The van der Waals surface area contributed by atoms with Gasteiger partial charge in [-0.25, -0.2) is 0 Å². The van der Waals surface area contributed by atoms with Crippen molar-refractivity contribution in [2.24, 2.45) is 0 Å². The molecule has 5 heteroatoms. The lowest BCUT2D eigenvalue weighted by Gasteiger charge is -2.17. The van der Waals surface area contributed by atoms with Gasteiger partial charge in [0.1, 0.15) is 11.5 Å². The van der Waals surface area contributed by atoms with Crippen molar-refractivity contribution < 1.29 is 19.8 Å². The highest BCUT2D eigenvalue weighted by Gasteiger charge is 2.38. The van der Waals surface area contributed by atoms with Crippen LogP contribution in [0.3, 0.4) is 0 Å². The number of Topliss-reactive ketones (excluding diaryl/α,β-unsaturated/α-hetero) is 1. The third-order valence-electron chi connectivity index (χ3n) is 4.19. The SMILES string of the molecule is O=C1C(=O)N(c2ccc(O)cc2)c2cccc(-c3ccc(O)cc3)c21. The second kappa shape index (κ2) is 5.49. The van der Waals surface area contributed by atoms with E-state index in [1.54, 1.807) is 42.5 Å². The van der Waals surface area contributed by atoms with Gasteiger partial charge in [-0.05, 0) is 53.6 Å². The van der Waals surface area contributed by atoms with Crippen LogP contribution < -0.4 is 4.90 Å². The fraction of sp³-hybridized carbons (Fsp3) is 0. The Morgan fingerprint density at radius 3 is 1.96 bits per heavy atom. The van der Waals surface area contributed by atoms with E-state index >= 15 is 0 Å². The van der Waals surface area contributed by atoms with Crippen LogP contribution in [0.1, 0.15) is 10.4 Å². The highest BCUT2D eigenvalue weighted by atomic mass is 16.3. The number of anilines is 2. The predicted octanol–water partition coefficient (Wildman–Crippen LogP) is 3.63. The number of hydrogen-bond donors (Lipinski definition) is 2. The number of rotatable bonds is 2. The number of aromatic hydroxyl groups is 2. The molecule has 0 unspecified atom stereocenters. The summed E-state index contributed by atoms with van der Waals surface area (Å²) in [6.45, 7) is 0. The molecule has 0 aliphatic carbocycles. The monoisotopic (exact) mass is 331 g/mol. The molecule has 3 aromatic rings. The van der Waals surface area contributed by atoms with Crippen molar-refractivity contribution in [3.05, 3.63) is 72.3 Å². The second-order valence-electron chi connectivity index (χ2n) is 5.73. The van der Waals surface area contributed by atoms with Crippen molar-refractivity contribution in [1.82, 2.24) is 0 Å². The van der Waals surface area contributed by atoms with E-state index < -0.39 is 11.7 Å². The van der Waals surface area contributed by atoms with E-state index in [9.17, 15) is 19.8 Å². The van der Waals surface area contributed by atoms with Gasteiger partial charge in [0.15, 0.2) is 0 Å². The summed E-state index contributed by atoms with van der Waals surface area (Å²) < 4.78 is 0. The summed E-state index contributed by atoms with van der Waals surface area (Å²) in [5.41, 5.74) is 2.73. The van der Waals surface area contributed by atoms with E-state index in [2.05, 4.69) is 0 Å². The molecule has 4 rings (SSSR count). The summed E-state index contributed by atoms with van der Waals surface area (Å²) in [6.07, 6.45) is 0. The highest BCUT2D eigenvalue weighted by molar-refractivity contribution is 6.54. The van der Waals surface area contributed by atoms with Crippen molar-refractivity contribution in [2.75, 3.05) is 4.90 Å². The molecule has 1 amide bonds. The van der Waals surface area contributed by atoms with Gasteiger partial charge >= 0.3 is 5.91 Å². The normalized spacial score (nSPS) is 13.2. The summed E-state index contributed by atoms with van der Waals surface area (Å²) in [5, 5.41) is 18.9. The third-order valence-corrected chi connectivity index (χ3v) is 4.19. The molecule has 3 aromatic carbocycles. The summed E-state index contributed by atoms with van der Waals surface area (Å²) in [6, 6.07) is 17.8. The first-order valence-electron chi connectivity index (χ1n) is 7.66. The van der Waals surface area contributed by atoms with Gasteiger partial charge in [-0.3, -0.25) is 14.5 Å². The Morgan fingerprint density at radius 1 is 0.720 bits per heavy atom. The van der Waals surface area contributed by atoms with Crippen LogP contribution in [0.4, 0.5) is 11.4 Å². The Kier molecular flexibility index (Phi) is 3.28. The van der Waals surface area contributed by atoms with Crippen LogP contribution in [0.15, 0.2) is 66.7 Å². The molecule has 1 aliphatic heterocycles. The van der Waals surface area contributed by atoms with Crippen molar-refractivity contribution in [3.8, 4) is 22.6 Å². The average molecular weight is 331 g/mol. The van der Waals surface area contributed by atoms with Gasteiger partial charge in [0.05, 0.1) is 11.3 Å². The summed E-state index contributed by atoms with van der Waals surface area (Å²) in [5.74, 6) is -0.997. The Balaban J connectivity index is 1.89. The molecular weight excluding hydrogens is 318 g/mol. The van der Waals surface area contributed by atoms with Gasteiger partial charge in [0, 0.05) is 5.69 Å². The Morgan fingerprint density at radius 2 is 1.32 bits per heavy atom. The highest BCUT2D eigenvalue weighted by Crippen LogP contribution is 2.41. The topological polar surface area (TPSA) is 77.8 Å². The van der Waals surface area contributed by atoms with Crippen LogP contribution in [-0.4, -0.2) is 21.9 Å². The lowest BCUT2D eigenvalue weighted by atomic mass is 9.97. The van der Waals surface area contributed by atoms with E-state index in [-0.39, 0.29) is 11.5 Å². The molecule has 0 atom stereocenters. The van der Waals surface area contributed by atoms with Gasteiger partial charge in [0.2, 0.25) is 0 Å². The molecule has 0 saturated heterocycles. The lowest BCUT2D eigenvalue weighted by molar-refractivity contribution is -0.113. The number of benzene rings is 3. The first-order chi connectivity index (χ1) is 12.1. The molecule has 25 heavy (non-hydrogen) atoms. The number of nitrogens with zero attached hydrogens (tertiary/aromatic N) is 1. The third kappa shape index (κ3) is 2.33. The molecular formula is C20H13NO4. The Hall–Kier alpha value is -3.60. The molecule has 1 aliphatic rings. The molecule has 0 radical (unpaired) electrons. The van der Waals surface area contributed by atoms with Crippen LogP contribution in [0.25, 0.3) is 11.1 Å². The van der Waals surface area contributed by atoms with Gasteiger partial charge in [-0.2, -0.15) is 0 Å². The summed E-state index contributed by atoms with van der Waals surface area (Å²) in [7, 11) is 0. The van der Waals surface area contributed by atoms with Crippen molar-refractivity contribution in [1.29, 1.82) is 0 Å². The maximum Gasteiger partial charge on any atom is 0.304 e. The number of fused-ring (bicyclic) bond motifs is 1. The maximum atomic E-state index is 12.6. The van der Waals surface area contributed by atoms with Crippen LogP contribution >= 0.6 is 0 Å². The minimum absolute atomic E-state index is 0.0831. The van der Waals surface area contributed by atoms with E-state index in [4.69, 9.17) is 0 Å². The molecule has 0 saturated carbocycles. The minimum Gasteiger partial charge on any atom is -0.508 e. The van der Waals surface area contributed by atoms with Crippen LogP contribution in [0.5, 0.6) is 11.5 Å². The predicted molar refractivity (Wildman–Crippen MR) is 93.1 cm³/mol.